The van der Waals surface area contributed by atoms with Crippen LogP contribution < -0.4 is 5.32 Å². The Hall–Kier alpha value is -1.40. The molecule has 1 atom stereocenters. The van der Waals surface area contributed by atoms with Crippen LogP contribution >= 0.6 is 11.6 Å². The molecule has 0 bridgehead atoms. The molecular formula is C10H12ClN5O. The molecule has 90 valence electrons. The zero-order valence-electron chi connectivity index (χ0n) is 9.04. The van der Waals surface area contributed by atoms with E-state index in [-0.39, 0.29) is 6.10 Å². The first-order valence-corrected chi connectivity index (χ1v) is 5.90. The Morgan fingerprint density at radius 1 is 1.59 bits per heavy atom. The van der Waals surface area contributed by atoms with E-state index >= 15 is 0 Å². The molecule has 2 heterocycles. The minimum atomic E-state index is -0.319. The lowest BCUT2D eigenvalue weighted by Gasteiger charge is -2.12. The van der Waals surface area contributed by atoms with Crippen molar-refractivity contribution in [3.05, 3.63) is 17.5 Å². The molecule has 1 aliphatic carbocycles. The van der Waals surface area contributed by atoms with Crippen molar-refractivity contribution in [2.24, 2.45) is 5.92 Å². The van der Waals surface area contributed by atoms with Gasteiger partial charge in [-0.15, -0.1) is 0 Å². The lowest BCUT2D eigenvalue weighted by molar-refractivity contribution is 0.164. The number of hydrogen-bond donors (Lipinski definition) is 2. The number of anilines is 1. The van der Waals surface area contributed by atoms with Gasteiger partial charge in [-0.25, -0.2) is 0 Å². The molecule has 1 aliphatic rings. The van der Waals surface area contributed by atoms with Gasteiger partial charge in [0, 0.05) is 12.6 Å². The maximum Gasteiger partial charge on any atom is 0.255 e. The van der Waals surface area contributed by atoms with Crippen molar-refractivity contribution in [1.82, 2.24) is 19.6 Å². The predicted molar refractivity (Wildman–Crippen MR) is 63.0 cm³/mol. The maximum atomic E-state index is 9.79. The number of hydrogen-bond acceptors (Lipinski definition) is 5. The highest BCUT2D eigenvalue weighted by Crippen LogP contribution is 2.32. The van der Waals surface area contributed by atoms with E-state index in [1.54, 1.807) is 10.6 Å². The van der Waals surface area contributed by atoms with Gasteiger partial charge in [0.15, 0.2) is 0 Å². The largest absolute Gasteiger partial charge is 0.391 e. The van der Waals surface area contributed by atoms with E-state index in [4.69, 9.17) is 11.6 Å². The van der Waals surface area contributed by atoms with Crippen LogP contribution in [0.3, 0.4) is 0 Å². The van der Waals surface area contributed by atoms with Gasteiger partial charge in [0.05, 0.1) is 6.10 Å². The van der Waals surface area contributed by atoms with Crippen molar-refractivity contribution in [3.8, 4) is 0 Å². The van der Waals surface area contributed by atoms with Gasteiger partial charge in [-0.2, -0.15) is 19.6 Å². The van der Waals surface area contributed by atoms with E-state index in [1.165, 1.54) is 6.33 Å². The quantitative estimate of drug-likeness (QED) is 0.794. The molecule has 1 fully saturated rings. The summed E-state index contributed by atoms with van der Waals surface area (Å²) in [5.41, 5.74) is 0. The number of aromatic nitrogens is 4. The van der Waals surface area contributed by atoms with Gasteiger partial charge >= 0.3 is 0 Å². The number of halogens is 1. The summed E-state index contributed by atoms with van der Waals surface area (Å²) in [4.78, 5) is 7.99. The van der Waals surface area contributed by atoms with Crippen molar-refractivity contribution in [2.75, 3.05) is 11.9 Å². The fourth-order valence-electron chi connectivity index (χ4n) is 1.77. The molecule has 17 heavy (non-hydrogen) atoms. The van der Waals surface area contributed by atoms with Crippen LogP contribution in [0.1, 0.15) is 12.8 Å². The van der Waals surface area contributed by atoms with Crippen LogP contribution in [-0.4, -0.2) is 37.3 Å². The number of nitrogens with one attached hydrogen (secondary N) is 1. The summed E-state index contributed by atoms with van der Waals surface area (Å²) in [6, 6.07) is 1.67. The molecule has 2 aromatic rings. The lowest BCUT2D eigenvalue weighted by Crippen LogP contribution is -2.22. The molecular weight excluding hydrogens is 242 g/mol. The third kappa shape index (κ3) is 2.18. The Labute approximate surface area is 103 Å². The Morgan fingerprint density at radius 2 is 2.41 bits per heavy atom. The molecule has 1 unspecified atom stereocenters. The van der Waals surface area contributed by atoms with Gasteiger partial charge < -0.3 is 10.4 Å². The van der Waals surface area contributed by atoms with Crippen LogP contribution in [0.2, 0.25) is 5.15 Å². The fraction of sp³-hybridized carbons (Fsp3) is 0.500. The second-order valence-corrected chi connectivity index (χ2v) is 4.61. The van der Waals surface area contributed by atoms with E-state index in [1.807, 2.05) is 0 Å². The average molecular weight is 254 g/mol. The molecule has 3 rings (SSSR count). The van der Waals surface area contributed by atoms with Gasteiger partial charge in [0.25, 0.3) is 5.78 Å². The second kappa shape index (κ2) is 4.12. The third-order valence-electron chi connectivity index (χ3n) is 2.88. The highest BCUT2D eigenvalue weighted by molar-refractivity contribution is 6.29. The zero-order valence-corrected chi connectivity index (χ0v) is 9.80. The lowest BCUT2D eigenvalue weighted by atomic mass is 10.2. The van der Waals surface area contributed by atoms with E-state index in [0.29, 0.717) is 29.2 Å². The molecule has 6 nitrogen and oxygen atoms in total. The van der Waals surface area contributed by atoms with Gasteiger partial charge in [-0.3, -0.25) is 0 Å². The van der Waals surface area contributed by atoms with Crippen molar-refractivity contribution < 1.29 is 5.11 Å². The van der Waals surface area contributed by atoms with E-state index in [9.17, 15) is 5.11 Å². The molecule has 0 radical (unpaired) electrons. The SMILES string of the molecule is OC(CNc1cc(Cl)nc2ncnn12)C1CC1. The van der Waals surface area contributed by atoms with E-state index in [0.717, 1.165) is 12.8 Å². The van der Waals surface area contributed by atoms with Gasteiger partial charge in [0.2, 0.25) is 0 Å². The van der Waals surface area contributed by atoms with Gasteiger partial charge in [-0.05, 0) is 18.8 Å². The first-order chi connectivity index (χ1) is 8.24. The standard InChI is InChI=1S/C10H12ClN5O/c11-8-3-9(12-4-7(17)6-1-2-6)16-10(15-8)13-5-14-16/h3,5-7,12,17H,1-2,4H2. The minimum absolute atomic E-state index is 0.319. The smallest absolute Gasteiger partial charge is 0.255 e. The van der Waals surface area contributed by atoms with Crippen LogP contribution in [-0.2, 0) is 0 Å². The third-order valence-corrected chi connectivity index (χ3v) is 3.07. The van der Waals surface area contributed by atoms with E-state index in [2.05, 4.69) is 20.4 Å². The Morgan fingerprint density at radius 3 is 3.18 bits per heavy atom. The summed E-state index contributed by atoms with van der Waals surface area (Å²) in [6.07, 6.45) is 3.32. The number of nitrogens with zero attached hydrogens (tertiary/aromatic N) is 4. The number of aliphatic hydroxyl groups is 1. The minimum Gasteiger partial charge on any atom is -0.391 e. The Balaban J connectivity index is 1.80. The number of fused-ring (bicyclic) bond motifs is 1. The monoisotopic (exact) mass is 253 g/mol. The first kappa shape index (κ1) is 10.7. The highest BCUT2D eigenvalue weighted by Gasteiger charge is 2.29. The fourth-order valence-corrected chi connectivity index (χ4v) is 1.95. The second-order valence-electron chi connectivity index (χ2n) is 4.22. The number of aliphatic hydroxyl groups excluding tert-OH is 1. The van der Waals surface area contributed by atoms with Gasteiger partial charge in [-0.1, -0.05) is 11.6 Å². The van der Waals surface area contributed by atoms with Crippen LogP contribution in [0, 0.1) is 5.92 Å². The molecule has 0 amide bonds. The zero-order chi connectivity index (χ0) is 11.8. The normalized spacial score (nSPS) is 17.3. The molecule has 0 aliphatic heterocycles. The molecule has 0 saturated heterocycles. The topological polar surface area (TPSA) is 75.3 Å². The van der Waals surface area contributed by atoms with Crippen molar-refractivity contribution in [1.29, 1.82) is 0 Å². The van der Waals surface area contributed by atoms with Crippen LogP contribution in [0.15, 0.2) is 12.4 Å². The summed E-state index contributed by atoms with van der Waals surface area (Å²) in [5.74, 6) is 1.57. The Kier molecular flexibility index (Phi) is 2.60. The summed E-state index contributed by atoms with van der Waals surface area (Å²) >= 11 is 5.88. The summed E-state index contributed by atoms with van der Waals surface area (Å²) in [6.45, 7) is 0.486. The molecule has 2 aromatic heterocycles. The molecule has 2 N–H and O–H groups in total. The molecule has 1 saturated carbocycles. The van der Waals surface area contributed by atoms with Crippen molar-refractivity contribution >= 4 is 23.2 Å². The van der Waals surface area contributed by atoms with Crippen LogP contribution in [0.4, 0.5) is 5.82 Å². The summed E-state index contributed by atoms with van der Waals surface area (Å²) < 4.78 is 1.56. The number of rotatable bonds is 4. The highest BCUT2D eigenvalue weighted by atomic mass is 35.5. The first-order valence-electron chi connectivity index (χ1n) is 5.52. The predicted octanol–water partition coefficient (Wildman–Crippen LogP) is 0.961. The van der Waals surface area contributed by atoms with Crippen molar-refractivity contribution in [3.63, 3.8) is 0 Å². The summed E-state index contributed by atoms with van der Waals surface area (Å²) in [5, 5.41) is 17.3. The van der Waals surface area contributed by atoms with Crippen LogP contribution in [0.25, 0.3) is 5.78 Å². The average Bonchev–Trinajstić information content (AvgIpc) is 3.05. The maximum absolute atomic E-state index is 9.79. The molecule has 7 heteroatoms. The molecule has 0 spiro atoms. The van der Waals surface area contributed by atoms with E-state index < -0.39 is 0 Å². The van der Waals surface area contributed by atoms with Gasteiger partial charge in [0.1, 0.15) is 17.3 Å². The Bertz CT molecular complexity index is 538. The van der Waals surface area contributed by atoms with Crippen LogP contribution in [0.5, 0.6) is 0 Å². The van der Waals surface area contributed by atoms with Crippen molar-refractivity contribution in [2.45, 2.75) is 18.9 Å². The summed E-state index contributed by atoms with van der Waals surface area (Å²) in [7, 11) is 0. The molecule has 0 aromatic carbocycles.